The molecule has 1 heterocycles. The summed E-state index contributed by atoms with van der Waals surface area (Å²) in [5, 5.41) is 8.33. The Morgan fingerprint density at radius 3 is 2.44 bits per heavy atom. The van der Waals surface area contributed by atoms with Crippen LogP contribution in [-0.4, -0.2) is 5.11 Å². The molecule has 1 N–H and O–H groups in total. The molecule has 0 aromatic carbocycles. The van der Waals surface area contributed by atoms with E-state index < -0.39 is 0 Å². The molecule has 52 valence electrons. The van der Waals surface area contributed by atoms with Gasteiger partial charge >= 0.3 is 0 Å². The van der Waals surface area contributed by atoms with E-state index in [0.29, 0.717) is 5.76 Å². The highest BCUT2D eigenvalue weighted by Gasteiger charge is 1.85. The van der Waals surface area contributed by atoms with Crippen LogP contribution in [0.15, 0.2) is 22.8 Å². The van der Waals surface area contributed by atoms with E-state index in [1.54, 1.807) is 12.1 Å². The second-order valence-electron chi connectivity index (χ2n) is 1.24. The number of furan rings is 1. The molecule has 0 amide bonds. The van der Waals surface area contributed by atoms with Gasteiger partial charge in [-0.15, -0.1) is 0 Å². The monoisotopic (exact) mass is 128 g/mol. The molecule has 0 saturated heterocycles. The van der Waals surface area contributed by atoms with Gasteiger partial charge in [0.2, 0.25) is 0 Å². The average molecular weight is 128 g/mol. The lowest BCUT2D eigenvalue weighted by Crippen LogP contribution is -1.72. The molecule has 0 radical (unpaired) electrons. The molecular weight excluding hydrogens is 116 g/mol. The van der Waals surface area contributed by atoms with E-state index in [0.717, 1.165) is 0 Å². The largest absolute Gasteiger partial charge is 0.467 e. The van der Waals surface area contributed by atoms with Crippen LogP contribution < -0.4 is 0 Å². The minimum Gasteiger partial charge on any atom is -0.467 e. The van der Waals surface area contributed by atoms with E-state index in [-0.39, 0.29) is 6.61 Å². The van der Waals surface area contributed by atoms with Gasteiger partial charge in [0.1, 0.15) is 12.4 Å². The predicted molar refractivity (Wildman–Crippen MR) is 36.0 cm³/mol. The first-order valence-electron chi connectivity index (χ1n) is 3.06. The lowest BCUT2D eigenvalue weighted by atomic mass is 10.5. The Morgan fingerprint density at radius 1 is 1.56 bits per heavy atom. The van der Waals surface area contributed by atoms with Gasteiger partial charge in [-0.25, -0.2) is 0 Å². The van der Waals surface area contributed by atoms with E-state index in [1.807, 2.05) is 13.8 Å². The third-order valence-electron chi connectivity index (χ3n) is 0.736. The zero-order valence-corrected chi connectivity index (χ0v) is 5.79. The maximum absolute atomic E-state index is 8.33. The number of aliphatic hydroxyl groups is 1. The molecule has 1 rings (SSSR count). The van der Waals surface area contributed by atoms with Gasteiger partial charge in [-0.05, 0) is 12.1 Å². The minimum absolute atomic E-state index is 0.00694. The summed E-state index contributed by atoms with van der Waals surface area (Å²) < 4.78 is 4.73. The van der Waals surface area contributed by atoms with Crippen LogP contribution in [0.4, 0.5) is 0 Å². The smallest absolute Gasteiger partial charge is 0.129 e. The number of hydrogen-bond donors (Lipinski definition) is 1. The standard InChI is InChI=1S/C5H6O2.C2H6/c6-4-5-2-1-3-7-5;1-2/h1-3,6H,4H2;1-2H3. The van der Waals surface area contributed by atoms with Gasteiger partial charge in [0, 0.05) is 0 Å². The highest BCUT2D eigenvalue weighted by molar-refractivity contribution is 4.95. The molecule has 2 heteroatoms. The first-order valence-corrected chi connectivity index (χ1v) is 3.06. The first kappa shape index (κ1) is 8.24. The highest BCUT2D eigenvalue weighted by Crippen LogP contribution is 1.96. The van der Waals surface area contributed by atoms with Crippen LogP contribution in [0.5, 0.6) is 0 Å². The zero-order valence-electron chi connectivity index (χ0n) is 5.79. The third kappa shape index (κ3) is 2.93. The van der Waals surface area contributed by atoms with Gasteiger partial charge in [-0.2, -0.15) is 0 Å². The molecule has 0 spiro atoms. The molecule has 0 unspecified atom stereocenters. The maximum atomic E-state index is 8.33. The van der Waals surface area contributed by atoms with E-state index >= 15 is 0 Å². The van der Waals surface area contributed by atoms with Crippen LogP contribution in [0.25, 0.3) is 0 Å². The average Bonchev–Trinajstić information content (AvgIpc) is 2.43. The van der Waals surface area contributed by atoms with Crippen molar-refractivity contribution in [2.24, 2.45) is 0 Å². The summed E-state index contributed by atoms with van der Waals surface area (Å²) in [7, 11) is 0. The van der Waals surface area contributed by atoms with Gasteiger partial charge in [-0.3, -0.25) is 0 Å². The van der Waals surface area contributed by atoms with Crippen molar-refractivity contribution in [3.8, 4) is 0 Å². The minimum atomic E-state index is -0.00694. The normalized spacial score (nSPS) is 7.89. The fourth-order valence-electron chi connectivity index (χ4n) is 0.403. The number of rotatable bonds is 1. The molecule has 0 aliphatic heterocycles. The molecule has 1 aromatic rings. The molecule has 1 aromatic heterocycles. The van der Waals surface area contributed by atoms with Gasteiger partial charge < -0.3 is 9.52 Å². The summed E-state index contributed by atoms with van der Waals surface area (Å²) in [4.78, 5) is 0. The molecule has 0 aliphatic carbocycles. The second-order valence-corrected chi connectivity index (χ2v) is 1.24. The topological polar surface area (TPSA) is 33.4 Å². The quantitative estimate of drug-likeness (QED) is 0.625. The number of hydrogen-bond acceptors (Lipinski definition) is 2. The molecule has 0 saturated carbocycles. The van der Waals surface area contributed by atoms with Crippen molar-refractivity contribution in [1.29, 1.82) is 0 Å². The SMILES string of the molecule is CC.OCc1ccco1. The van der Waals surface area contributed by atoms with Gasteiger partial charge in [0.05, 0.1) is 6.26 Å². The van der Waals surface area contributed by atoms with E-state index in [2.05, 4.69) is 0 Å². The maximum Gasteiger partial charge on any atom is 0.129 e. The highest BCUT2D eigenvalue weighted by atomic mass is 16.4. The molecule has 0 bridgehead atoms. The Labute approximate surface area is 55.1 Å². The Kier molecular flexibility index (Phi) is 4.92. The second kappa shape index (κ2) is 5.38. The van der Waals surface area contributed by atoms with Crippen LogP contribution in [0.3, 0.4) is 0 Å². The lowest BCUT2D eigenvalue weighted by molar-refractivity contribution is 0.247. The van der Waals surface area contributed by atoms with Crippen molar-refractivity contribution in [1.82, 2.24) is 0 Å². The van der Waals surface area contributed by atoms with Crippen LogP contribution in [-0.2, 0) is 6.61 Å². The van der Waals surface area contributed by atoms with E-state index in [4.69, 9.17) is 9.52 Å². The van der Waals surface area contributed by atoms with Gasteiger partial charge in [0.25, 0.3) is 0 Å². The molecule has 9 heavy (non-hydrogen) atoms. The Balaban J connectivity index is 0.000000291. The van der Waals surface area contributed by atoms with Gasteiger partial charge in [-0.1, -0.05) is 13.8 Å². The molecular formula is C7H12O2. The van der Waals surface area contributed by atoms with Crippen molar-refractivity contribution in [2.75, 3.05) is 0 Å². The van der Waals surface area contributed by atoms with Crippen molar-refractivity contribution in [3.05, 3.63) is 24.2 Å². The summed E-state index contributed by atoms with van der Waals surface area (Å²) >= 11 is 0. The Bertz CT molecular complexity index is 121. The van der Waals surface area contributed by atoms with Gasteiger partial charge in [0.15, 0.2) is 0 Å². The van der Waals surface area contributed by atoms with Crippen molar-refractivity contribution in [3.63, 3.8) is 0 Å². The van der Waals surface area contributed by atoms with Crippen LogP contribution in [0.1, 0.15) is 19.6 Å². The first-order chi connectivity index (χ1) is 4.43. The Morgan fingerprint density at radius 2 is 2.22 bits per heavy atom. The zero-order chi connectivity index (χ0) is 7.11. The Hall–Kier alpha value is -0.760. The van der Waals surface area contributed by atoms with E-state index in [1.165, 1.54) is 6.26 Å². The predicted octanol–water partition coefficient (Wildman–Crippen LogP) is 1.80. The molecule has 0 fully saturated rings. The third-order valence-corrected chi connectivity index (χ3v) is 0.736. The molecule has 2 nitrogen and oxygen atoms in total. The fraction of sp³-hybridized carbons (Fsp3) is 0.429. The number of aliphatic hydroxyl groups excluding tert-OH is 1. The van der Waals surface area contributed by atoms with Crippen molar-refractivity contribution in [2.45, 2.75) is 20.5 Å². The summed E-state index contributed by atoms with van der Waals surface area (Å²) in [6.45, 7) is 3.99. The van der Waals surface area contributed by atoms with Crippen LogP contribution in [0, 0.1) is 0 Å². The summed E-state index contributed by atoms with van der Waals surface area (Å²) in [6, 6.07) is 3.46. The lowest BCUT2D eigenvalue weighted by Gasteiger charge is -1.79. The summed E-state index contributed by atoms with van der Waals surface area (Å²) in [5.74, 6) is 0.611. The molecule has 0 atom stereocenters. The van der Waals surface area contributed by atoms with Crippen LogP contribution in [0.2, 0.25) is 0 Å². The van der Waals surface area contributed by atoms with Crippen molar-refractivity contribution >= 4 is 0 Å². The van der Waals surface area contributed by atoms with Crippen LogP contribution >= 0.6 is 0 Å². The summed E-state index contributed by atoms with van der Waals surface area (Å²) in [6.07, 6.45) is 1.53. The summed E-state index contributed by atoms with van der Waals surface area (Å²) in [5.41, 5.74) is 0. The van der Waals surface area contributed by atoms with E-state index in [9.17, 15) is 0 Å². The fourth-order valence-corrected chi connectivity index (χ4v) is 0.403. The molecule has 0 aliphatic rings. The van der Waals surface area contributed by atoms with Crippen molar-refractivity contribution < 1.29 is 9.52 Å².